The highest BCUT2D eigenvalue weighted by atomic mass is 35.5. The van der Waals surface area contributed by atoms with Gasteiger partial charge in [-0.3, -0.25) is 0 Å². The van der Waals surface area contributed by atoms with Crippen molar-refractivity contribution in [1.82, 2.24) is 14.5 Å². The van der Waals surface area contributed by atoms with Gasteiger partial charge in [-0.15, -0.1) is 11.6 Å². The predicted molar refractivity (Wildman–Crippen MR) is 82.1 cm³/mol. The molecule has 0 radical (unpaired) electrons. The molecule has 0 aliphatic rings. The minimum atomic E-state index is 0.390. The summed E-state index contributed by atoms with van der Waals surface area (Å²) >= 11 is 6.04. The first kappa shape index (κ1) is 13.1. The molecule has 1 aromatic carbocycles. The third-order valence-corrected chi connectivity index (χ3v) is 3.70. The molecule has 3 aromatic rings. The predicted octanol–water partition coefficient (Wildman–Crippen LogP) is 3.84. The zero-order valence-electron chi connectivity index (χ0n) is 11.6. The van der Waals surface area contributed by atoms with Crippen LogP contribution in [0.15, 0.2) is 36.5 Å². The molecule has 102 valence electrons. The van der Waals surface area contributed by atoms with E-state index in [1.807, 2.05) is 19.2 Å². The summed E-state index contributed by atoms with van der Waals surface area (Å²) in [5.74, 6) is 1.26. The molecule has 2 heterocycles. The van der Waals surface area contributed by atoms with E-state index in [2.05, 4.69) is 45.7 Å². The summed E-state index contributed by atoms with van der Waals surface area (Å²) in [6.45, 7) is 4.89. The van der Waals surface area contributed by atoms with Gasteiger partial charge >= 0.3 is 0 Å². The summed E-state index contributed by atoms with van der Waals surface area (Å²) in [6, 6.07) is 10.4. The Hall–Kier alpha value is -1.87. The van der Waals surface area contributed by atoms with Crippen LogP contribution in [0.1, 0.15) is 22.5 Å². The van der Waals surface area contributed by atoms with Gasteiger partial charge in [0.05, 0.1) is 12.4 Å². The molecule has 0 bridgehead atoms. The highest BCUT2D eigenvalue weighted by molar-refractivity contribution is 6.16. The third kappa shape index (κ3) is 2.29. The average molecular weight is 286 g/mol. The lowest BCUT2D eigenvalue weighted by molar-refractivity contribution is 0.770. The molecular weight excluding hydrogens is 270 g/mol. The minimum absolute atomic E-state index is 0.390. The highest BCUT2D eigenvalue weighted by Gasteiger charge is 2.12. The topological polar surface area (TPSA) is 30.7 Å². The molecule has 0 unspecified atom stereocenters. The Morgan fingerprint density at radius 1 is 1.20 bits per heavy atom. The van der Waals surface area contributed by atoms with Crippen LogP contribution in [0, 0.1) is 13.8 Å². The SMILES string of the molecule is Cc1cccc(Cn2c(CCl)nc3c(C)ccnc32)c1. The number of hydrogen-bond acceptors (Lipinski definition) is 2. The van der Waals surface area contributed by atoms with Crippen LogP contribution in [-0.4, -0.2) is 14.5 Å². The smallest absolute Gasteiger partial charge is 0.160 e. The zero-order chi connectivity index (χ0) is 14.1. The average Bonchev–Trinajstić information content (AvgIpc) is 2.79. The number of aromatic nitrogens is 3. The maximum atomic E-state index is 6.04. The highest BCUT2D eigenvalue weighted by Crippen LogP contribution is 2.20. The van der Waals surface area contributed by atoms with Gasteiger partial charge in [-0.1, -0.05) is 29.8 Å². The molecule has 0 saturated carbocycles. The molecule has 0 atom stereocenters. The first-order valence-corrected chi connectivity index (χ1v) is 7.14. The Kier molecular flexibility index (Phi) is 3.45. The van der Waals surface area contributed by atoms with Crippen LogP contribution in [0.4, 0.5) is 0 Å². The molecule has 3 nitrogen and oxygen atoms in total. The van der Waals surface area contributed by atoms with Crippen molar-refractivity contribution in [2.45, 2.75) is 26.3 Å². The van der Waals surface area contributed by atoms with Crippen molar-refractivity contribution in [2.24, 2.45) is 0 Å². The largest absolute Gasteiger partial charge is 0.307 e. The lowest BCUT2D eigenvalue weighted by atomic mass is 10.1. The van der Waals surface area contributed by atoms with E-state index in [9.17, 15) is 0 Å². The molecule has 0 amide bonds. The van der Waals surface area contributed by atoms with Crippen molar-refractivity contribution >= 4 is 22.8 Å². The Morgan fingerprint density at radius 2 is 2.05 bits per heavy atom. The standard InChI is InChI=1S/C16H16ClN3/c1-11-4-3-5-13(8-11)10-20-14(9-17)19-15-12(2)6-7-18-16(15)20/h3-8H,9-10H2,1-2H3. The minimum Gasteiger partial charge on any atom is -0.307 e. The molecule has 4 heteroatoms. The molecule has 0 N–H and O–H groups in total. The summed E-state index contributed by atoms with van der Waals surface area (Å²) < 4.78 is 2.10. The number of rotatable bonds is 3. The normalized spacial score (nSPS) is 11.2. The number of fused-ring (bicyclic) bond motifs is 1. The molecule has 0 spiro atoms. The van der Waals surface area contributed by atoms with Crippen molar-refractivity contribution < 1.29 is 0 Å². The van der Waals surface area contributed by atoms with Crippen LogP contribution in [0.2, 0.25) is 0 Å². The third-order valence-electron chi connectivity index (χ3n) is 3.46. The van der Waals surface area contributed by atoms with E-state index in [1.165, 1.54) is 11.1 Å². The van der Waals surface area contributed by atoms with Crippen molar-refractivity contribution in [3.63, 3.8) is 0 Å². The molecular formula is C16H16ClN3. The van der Waals surface area contributed by atoms with E-state index in [4.69, 9.17) is 11.6 Å². The van der Waals surface area contributed by atoms with Gasteiger partial charge in [0, 0.05) is 6.20 Å². The van der Waals surface area contributed by atoms with Gasteiger partial charge in [0.25, 0.3) is 0 Å². The summed E-state index contributed by atoms with van der Waals surface area (Å²) in [4.78, 5) is 9.09. The first-order valence-electron chi connectivity index (χ1n) is 6.61. The van der Waals surface area contributed by atoms with Crippen LogP contribution in [0.25, 0.3) is 11.2 Å². The van der Waals surface area contributed by atoms with E-state index in [1.54, 1.807) is 0 Å². The number of alkyl halides is 1. The van der Waals surface area contributed by atoms with Crippen LogP contribution in [-0.2, 0) is 12.4 Å². The lowest BCUT2D eigenvalue weighted by Gasteiger charge is -2.08. The molecule has 0 fully saturated rings. The molecule has 3 rings (SSSR count). The quantitative estimate of drug-likeness (QED) is 0.685. The van der Waals surface area contributed by atoms with Crippen LogP contribution in [0.3, 0.4) is 0 Å². The fourth-order valence-electron chi connectivity index (χ4n) is 2.44. The second kappa shape index (κ2) is 5.25. The lowest BCUT2D eigenvalue weighted by Crippen LogP contribution is -2.04. The summed E-state index contributed by atoms with van der Waals surface area (Å²) in [5.41, 5.74) is 5.46. The molecule has 0 aliphatic heterocycles. The zero-order valence-corrected chi connectivity index (χ0v) is 12.4. The van der Waals surface area contributed by atoms with E-state index in [0.29, 0.717) is 5.88 Å². The molecule has 2 aromatic heterocycles. The number of hydrogen-bond donors (Lipinski definition) is 0. The van der Waals surface area contributed by atoms with Gasteiger partial charge in [0.15, 0.2) is 5.65 Å². The van der Waals surface area contributed by atoms with Gasteiger partial charge in [0.1, 0.15) is 11.3 Å². The molecule has 20 heavy (non-hydrogen) atoms. The Morgan fingerprint density at radius 3 is 2.80 bits per heavy atom. The van der Waals surface area contributed by atoms with Crippen LogP contribution in [0.5, 0.6) is 0 Å². The number of nitrogens with zero attached hydrogens (tertiary/aromatic N) is 3. The van der Waals surface area contributed by atoms with Crippen LogP contribution >= 0.6 is 11.6 Å². The number of benzene rings is 1. The Bertz CT molecular complexity index is 762. The maximum Gasteiger partial charge on any atom is 0.160 e. The van der Waals surface area contributed by atoms with Crippen molar-refractivity contribution in [1.29, 1.82) is 0 Å². The van der Waals surface area contributed by atoms with Crippen molar-refractivity contribution in [3.8, 4) is 0 Å². The number of pyridine rings is 1. The Labute approximate surface area is 123 Å². The monoisotopic (exact) mass is 285 g/mol. The molecule has 0 aliphatic carbocycles. The van der Waals surface area contributed by atoms with Gasteiger partial charge in [-0.25, -0.2) is 9.97 Å². The van der Waals surface area contributed by atoms with Gasteiger partial charge < -0.3 is 4.57 Å². The second-order valence-corrected chi connectivity index (χ2v) is 5.30. The maximum absolute atomic E-state index is 6.04. The van der Waals surface area contributed by atoms with Gasteiger partial charge in [-0.05, 0) is 31.0 Å². The van der Waals surface area contributed by atoms with Gasteiger partial charge in [-0.2, -0.15) is 0 Å². The summed E-state index contributed by atoms with van der Waals surface area (Å²) in [7, 11) is 0. The van der Waals surface area contributed by atoms with Crippen LogP contribution < -0.4 is 0 Å². The second-order valence-electron chi connectivity index (χ2n) is 5.04. The summed E-state index contributed by atoms with van der Waals surface area (Å²) in [5, 5.41) is 0. The Balaban J connectivity index is 2.12. The first-order chi connectivity index (χ1) is 9.69. The van der Waals surface area contributed by atoms with Gasteiger partial charge in [0.2, 0.25) is 0 Å². The number of imidazole rings is 1. The van der Waals surface area contributed by atoms with Crippen molar-refractivity contribution in [2.75, 3.05) is 0 Å². The molecule has 0 saturated heterocycles. The van der Waals surface area contributed by atoms with E-state index < -0.39 is 0 Å². The van der Waals surface area contributed by atoms with Crippen molar-refractivity contribution in [3.05, 3.63) is 59.0 Å². The van der Waals surface area contributed by atoms with E-state index in [-0.39, 0.29) is 0 Å². The van der Waals surface area contributed by atoms with E-state index >= 15 is 0 Å². The fourth-order valence-corrected chi connectivity index (χ4v) is 2.65. The fraction of sp³-hybridized carbons (Fsp3) is 0.250. The number of halogens is 1. The summed E-state index contributed by atoms with van der Waals surface area (Å²) in [6.07, 6.45) is 1.82. The number of aryl methyl sites for hydroxylation is 2. The van der Waals surface area contributed by atoms with E-state index in [0.717, 1.165) is 29.1 Å².